The molecule has 4 nitrogen and oxygen atoms in total. The van der Waals surface area contributed by atoms with Crippen LogP contribution in [0.3, 0.4) is 0 Å². The molecule has 4 rings (SSSR count). The summed E-state index contributed by atoms with van der Waals surface area (Å²) in [5.41, 5.74) is 3.72. The van der Waals surface area contributed by atoms with Crippen molar-refractivity contribution in [2.45, 2.75) is 31.7 Å². The van der Waals surface area contributed by atoms with Gasteiger partial charge in [0.25, 0.3) is 0 Å². The average Bonchev–Trinajstić information content (AvgIpc) is 3.20. The molecule has 2 aromatic rings. The molecule has 118 valence electrons. The smallest absolute Gasteiger partial charge is 0.231 e. The molecule has 0 aromatic heterocycles. The molecular formula is C19H19NO3. The van der Waals surface area contributed by atoms with Crippen molar-refractivity contribution >= 4 is 5.91 Å². The first-order valence-electron chi connectivity index (χ1n) is 8.05. The summed E-state index contributed by atoms with van der Waals surface area (Å²) < 4.78 is 10.7. The molecule has 1 amide bonds. The second kappa shape index (κ2) is 5.95. The molecule has 0 radical (unpaired) electrons. The highest BCUT2D eigenvalue weighted by Crippen LogP contribution is 2.33. The third-order valence-electron chi connectivity index (χ3n) is 4.55. The molecule has 0 saturated carbocycles. The Balaban J connectivity index is 1.34. The van der Waals surface area contributed by atoms with Crippen LogP contribution in [0.5, 0.6) is 11.5 Å². The highest BCUT2D eigenvalue weighted by molar-refractivity contribution is 5.77. The van der Waals surface area contributed by atoms with E-state index in [4.69, 9.17) is 9.47 Å². The molecule has 1 unspecified atom stereocenters. The zero-order valence-corrected chi connectivity index (χ0v) is 12.9. The van der Waals surface area contributed by atoms with Crippen molar-refractivity contribution in [3.8, 4) is 11.5 Å². The van der Waals surface area contributed by atoms with Gasteiger partial charge in [-0.3, -0.25) is 4.79 Å². The van der Waals surface area contributed by atoms with Gasteiger partial charge in [-0.25, -0.2) is 0 Å². The number of aryl methyl sites for hydroxylation is 2. The summed E-state index contributed by atoms with van der Waals surface area (Å²) in [6.45, 7) is 0.278. The van der Waals surface area contributed by atoms with Crippen LogP contribution in [0.25, 0.3) is 0 Å². The lowest BCUT2D eigenvalue weighted by Crippen LogP contribution is -2.27. The standard InChI is InChI=1S/C19H19NO3/c21-19(20-16-8-7-14-3-1-2-4-15(14)16)10-6-13-5-9-17-18(11-13)23-12-22-17/h1-5,9,11,16H,6-8,10,12H2,(H,20,21). The van der Waals surface area contributed by atoms with E-state index in [2.05, 4.69) is 23.5 Å². The summed E-state index contributed by atoms with van der Waals surface area (Å²) in [4.78, 5) is 12.2. The van der Waals surface area contributed by atoms with Crippen molar-refractivity contribution in [2.24, 2.45) is 0 Å². The van der Waals surface area contributed by atoms with Gasteiger partial charge in [0.2, 0.25) is 12.7 Å². The highest BCUT2D eigenvalue weighted by atomic mass is 16.7. The Morgan fingerprint density at radius 3 is 2.96 bits per heavy atom. The molecule has 23 heavy (non-hydrogen) atoms. The largest absolute Gasteiger partial charge is 0.454 e. The zero-order chi connectivity index (χ0) is 15.6. The lowest BCUT2D eigenvalue weighted by atomic mass is 10.1. The minimum atomic E-state index is 0.101. The first kappa shape index (κ1) is 14.1. The van der Waals surface area contributed by atoms with E-state index in [1.165, 1.54) is 11.1 Å². The fourth-order valence-corrected chi connectivity index (χ4v) is 3.33. The van der Waals surface area contributed by atoms with Crippen LogP contribution < -0.4 is 14.8 Å². The monoisotopic (exact) mass is 309 g/mol. The molecule has 0 fully saturated rings. The third kappa shape index (κ3) is 2.89. The molecule has 2 aromatic carbocycles. The Morgan fingerprint density at radius 1 is 1.13 bits per heavy atom. The van der Waals surface area contributed by atoms with Gasteiger partial charge < -0.3 is 14.8 Å². The number of rotatable bonds is 4. The highest BCUT2D eigenvalue weighted by Gasteiger charge is 2.23. The van der Waals surface area contributed by atoms with E-state index in [0.29, 0.717) is 12.8 Å². The van der Waals surface area contributed by atoms with Crippen LogP contribution in [-0.4, -0.2) is 12.7 Å². The van der Waals surface area contributed by atoms with Crippen LogP contribution in [0.4, 0.5) is 0 Å². The third-order valence-corrected chi connectivity index (χ3v) is 4.55. The average molecular weight is 309 g/mol. The van der Waals surface area contributed by atoms with Gasteiger partial charge in [0, 0.05) is 6.42 Å². The number of hydrogen-bond acceptors (Lipinski definition) is 3. The molecule has 0 saturated heterocycles. The number of hydrogen-bond donors (Lipinski definition) is 1. The second-order valence-corrected chi connectivity index (χ2v) is 6.05. The predicted octanol–water partition coefficient (Wildman–Crippen LogP) is 3.15. The predicted molar refractivity (Wildman–Crippen MR) is 86.5 cm³/mol. The van der Waals surface area contributed by atoms with Gasteiger partial charge in [0.15, 0.2) is 11.5 Å². The van der Waals surface area contributed by atoms with Crippen LogP contribution in [0.1, 0.15) is 35.6 Å². The van der Waals surface area contributed by atoms with Crippen molar-refractivity contribution in [3.63, 3.8) is 0 Å². The van der Waals surface area contributed by atoms with E-state index >= 15 is 0 Å². The van der Waals surface area contributed by atoms with E-state index in [9.17, 15) is 4.79 Å². The van der Waals surface area contributed by atoms with Gasteiger partial charge in [0.1, 0.15) is 0 Å². The molecule has 1 N–H and O–H groups in total. The molecule has 1 aliphatic carbocycles. The number of fused-ring (bicyclic) bond motifs is 2. The van der Waals surface area contributed by atoms with Gasteiger partial charge in [-0.15, -0.1) is 0 Å². The summed E-state index contributed by atoms with van der Waals surface area (Å²) in [7, 11) is 0. The number of carbonyl (C=O) groups excluding carboxylic acids is 1. The zero-order valence-electron chi connectivity index (χ0n) is 12.9. The number of ether oxygens (including phenoxy) is 2. The number of nitrogens with one attached hydrogen (secondary N) is 1. The van der Waals surface area contributed by atoms with Gasteiger partial charge >= 0.3 is 0 Å². The summed E-state index contributed by atoms with van der Waals surface area (Å²) in [5.74, 6) is 1.65. The van der Waals surface area contributed by atoms with Crippen molar-refractivity contribution < 1.29 is 14.3 Å². The van der Waals surface area contributed by atoms with Crippen LogP contribution in [0.2, 0.25) is 0 Å². The lowest BCUT2D eigenvalue weighted by Gasteiger charge is -2.14. The van der Waals surface area contributed by atoms with Crippen LogP contribution in [-0.2, 0) is 17.6 Å². The van der Waals surface area contributed by atoms with E-state index < -0.39 is 0 Å². The maximum absolute atomic E-state index is 12.2. The molecule has 1 atom stereocenters. The van der Waals surface area contributed by atoms with Crippen molar-refractivity contribution in [1.29, 1.82) is 0 Å². The first-order chi connectivity index (χ1) is 11.3. The molecule has 4 heteroatoms. The maximum Gasteiger partial charge on any atom is 0.231 e. The Labute approximate surface area is 135 Å². The Morgan fingerprint density at radius 2 is 2.00 bits per heavy atom. The Kier molecular flexibility index (Phi) is 3.66. The molecule has 0 spiro atoms. The summed E-state index contributed by atoms with van der Waals surface area (Å²) in [6, 6.07) is 14.4. The fourth-order valence-electron chi connectivity index (χ4n) is 3.33. The van der Waals surface area contributed by atoms with E-state index in [1.54, 1.807) is 0 Å². The number of carbonyl (C=O) groups is 1. The minimum Gasteiger partial charge on any atom is -0.454 e. The van der Waals surface area contributed by atoms with Gasteiger partial charge in [0.05, 0.1) is 6.04 Å². The minimum absolute atomic E-state index is 0.101. The van der Waals surface area contributed by atoms with Gasteiger partial charge in [-0.2, -0.15) is 0 Å². The Bertz CT molecular complexity index is 741. The van der Waals surface area contributed by atoms with E-state index in [1.807, 2.05) is 24.3 Å². The van der Waals surface area contributed by atoms with Gasteiger partial charge in [-0.05, 0) is 48.1 Å². The number of amides is 1. The molecular weight excluding hydrogens is 290 g/mol. The molecule has 0 bridgehead atoms. The van der Waals surface area contributed by atoms with Gasteiger partial charge in [-0.1, -0.05) is 30.3 Å². The van der Waals surface area contributed by atoms with Crippen LogP contribution in [0.15, 0.2) is 42.5 Å². The SMILES string of the molecule is O=C(CCc1ccc2c(c1)OCO2)NC1CCc2ccccc21. The van der Waals surface area contributed by atoms with Crippen LogP contribution in [0, 0.1) is 0 Å². The molecule has 2 aliphatic rings. The molecule has 1 heterocycles. The second-order valence-electron chi connectivity index (χ2n) is 6.05. The van der Waals surface area contributed by atoms with Crippen LogP contribution >= 0.6 is 0 Å². The molecule has 1 aliphatic heterocycles. The first-order valence-corrected chi connectivity index (χ1v) is 8.05. The lowest BCUT2D eigenvalue weighted by molar-refractivity contribution is -0.121. The summed E-state index contributed by atoms with van der Waals surface area (Å²) >= 11 is 0. The number of benzene rings is 2. The Hall–Kier alpha value is -2.49. The quantitative estimate of drug-likeness (QED) is 0.944. The van der Waals surface area contributed by atoms with E-state index in [0.717, 1.165) is 29.9 Å². The van der Waals surface area contributed by atoms with Crippen molar-refractivity contribution in [1.82, 2.24) is 5.32 Å². The van der Waals surface area contributed by atoms with Crippen molar-refractivity contribution in [2.75, 3.05) is 6.79 Å². The maximum atomic E-state index is 12.2. The fraction of sp³-hybridized carbons (Fsp3) is 0.316. The summed E-state index contributed by atoms with van der Waals surface area (Å²) in [5, 5.41) is 3.16. The van der Waals surface area contributed by atoms with E-state index in [-0.39, 0.29) is 18.7 Å². The van der Waals surface area contributed by atoms with Crippen molar-refractivity contribution in [3.05, 3.63) is 59.2 Å². The topological polar surface area (TPSA) is 47.6 Å². The summed E-state index contributed by atoms with van der Waals surface area (Å²) in [6.07, 6.45) is 3.23. The normalized spacial score (nSPS) is 17.8.